The highest BCUT2D eigenvalue weighted by Gasteiger charge is 2.40. The third-order valence-corrected chi connectivity index (χ3v) is 4.79. The Kier molecular flexibility index (Phi) is 4.14. The van der Waals surface area contributed by atoms with Gasteiger partial charge in [-0.1, -0.05) is 25.7 Å². The van der Waals surface area contributed by atoms with E-state index in [-0.39, 0.29) is 5.91 Å². The number of rotatable bonds is 2. The van der Waals surface area contributed by atoms with E-state index in [1.807, 2.05) is 0 Å². The molecule has 92 valence electrons. The van der Waals surface area contributed by atoms with Gasteiger partial charge in [-0.3, -0.25) is 4.79 Å². The van der Waals surface area contributed by atoms with Crippen LogP contribution in [0.2, 0.25) is 0 Å². The van der Waals surface area contributed by atoms with Crippen molar-refractivity contribution in [2.24, 2.45) is 0 Å². The average Bonchev–Trinajstić information content (AvgIpc) is 2.56. The first-order valence-corrected chi connectivity index (χ1v) is 7.47. The highest BCUT2D eigenvalue weighted by Crippen LogP contribution is 2.28. The minimum absolute atomic E-state index is 0.135. The molecule has 4 heteroatoms. The molecule has 0 aromatic rings. The largest absolute Gasteiger partial charge is 0.379 e. The van der Waals surface area contributed by atoms with E-state index in [4.69, 9.17) is 0 Å². The monoisotopic (exact) mass is 243 g/mol. The fraction of sp³-hybridized carbons (Fsp3) is 0.917. The number of nitrogens with one attached hydrogen (secondary N) is 1. The third kappa shape index (κ3) is 2.92. The van der Waals surface area contributed by atoms with E-state index >= 15 is 0 Å². The zero-order valence-corrected chi connectivity index (χ0v) is 10.5. The first-order chi connectivity index (χ1) is 7.71. The summed E-state index contributed by atoms with van der Waals surface area (Å²) in [6.07, 6.45) is 7.75. The first kappa shape index (κ1) is 12.2. The third-order valence-electron chi connectivity index (χ3n) is 3.61. The molecule has 1 saturated carbocycles. The van der Waals surface area contributed by atoms with Crippen LogP contribution in [0.25, 0.3) is 0 Å². The van der Waals surface area contributed by atoms with E-state index in [1.165, 1.54) is 25.7 Å². The van der Waals surface area contributed by atoms with Gasteiger partial charge in [0.2, 0.25) is 0 Å². The highest BCUT2D eigenvalue weighted by atomic mass is 32.2. The molecule has 2 N–H and O–H groups in total. The number of amides is 1. The van der Waals surface area contributed by atoms with Crippen LogP contribution in [-0.4, -0.2) is 34.2 Å². The van der Waals surface area contributed by atoms with Gasteiger partial charge in [-0.2, -0.15) is 11.8 Å². The molecule has 1 saturated heterocycles. The van der Waals surface area contributed by atoms with Gasteiger partial charge in [-0.15, -0.1) is 0 Å². The summed E-state index contributed by atoms with van der Waals surface area (Å²) in [7, 11) is 0. The van der Waals surface area contributed by atoms with Gasteiger partial charge in [0.1, 0.15) is 0 Å². The number of hydrogen-bond acceptors (Lipinski definition) is 3. The van der Waals surface area contributed by atoms with Crippen LogP contribution >= 0.6 is 11.8 Å². The van der Waals surface area contributed by atoms with Gasteiger partial charge in [-0.05, 0) is 25.0 Å². The lowest BCUT2D eigenvalue weighted by Gasteiger charge is -2.24. The molecule has 0 spiro atoms. The van der Waals surface area contributed by atoms with E-state index in [2.05, 4.69) is 5.32 Å². The second-order valence-electron chi connectivity index (χ2n) is 5.00. The summed E-state index contributed by atoms with van der Waals surface area (Å²) >= 11 is 1.66. The molecule has 2 aliphatic rings. The lowest BCUT2D eigenvalue weighted by molar-refractivity contribution is -0.138. The van der Waals surface area contributed by atoms with Crippen molar-refractivity contribution in [2.45, 2.75) is 56.6 Å². The number of aliphatic hydroxyl groups is 1. The van der Waals surface area contributed by atoms with Crippen LogP contribution < -0.4 is 5.32 Å². The van der Waals surface area contributed by atoms with Crippen LogP contribution in [0.3, 0.4) is 0 Å². The lowest BCUT2D eigenvalue weighted by atomic mass is 10.0. The Bertz CT molecular complexity index is 243. The van der Waals surface area contributed by atoms with Gasteiger partial charge in [0.25, 0.3) is 5.91 Å². The van der Waals surface area contributed by atoms with Crippen molar-refractivity contribution < 1.29 is 9.90 Å². The van der Waals surface area contributed by atoms with Crippen LogP contribution in [-0.2, 0) is 4.79 Å². The quantitative estimate of drug-likeness (QED) is 0.726. The molecule has 0 bridgehead atoms. The van der Waals surface area contributed by atoms with E-state index in [1.54, 1.807) is 11.8 Å². The summed E-state index contributed by atoms with van der Waals surface area (Å²) in [5.41, 5.74) is -1.09. The molecule has 2 fully saturated rings. The van der Waals surface area contributed by atoms with Gasteiger partial charge in [0, 0.05) is 11.8 Å². The summed E-state index contributed by atoms with van der Waals surface area (Å²) in [6, 6.07) is 0.296. The van der Waals surface area contributed by atoms with Crippen molar-refractivity contribution in [1.82, 2.24) is 5.32 Å². The van der Waals surface area contributed by atoms with E-state index < -0.39 is 5.60 Å². The van der Waals surface area contributed by atoms with Crippen molar-refractivity contribution in [3.05, 3.63) is 0 Å². The maximum absolute atomic E-state index is 12.0. The molecular formula is C12H21NO2S. The molecule has 2 rings (SSSR count). The zero-order valence-electron chi connectivity index (χ0n) is 9.71. The number of thioether (sulfide) groups is 1. The minimum Gasteiger partial charge on any atom is -0.379 e. The van der Waals surface area contributed by atoms with Crippen molar-refractivity contribution in [2.75, 3.05) is 11.5 Å². The molecule has 0 radical (unpaired) electrons. The molecule has 0 aromatic carbocycles. The molecule has 3 nitrogen and oxygen atoms in total. The number of carbonyl (C=O) groups excluding carboxylic acids is 1. The highest BCUT2D eigenvalue weighted by molar-refractivity contribution is 7.99. The molecule has 1 aliphatic heterocycles. The predicted octanol–water partition coefficient (Wildman–Crippen LogP) is 1.69. The Morgan fingerprint density at radius 2 is 1.94 bits per heavy atom. The normalized spacial score (nSPS) is 32.3. The summed E-state index contributed by atoms with van der Waals surface area (Å²) in [4.78, 5) is 12.0. The summed E-state index contributed by atoms with van der Waals surface area (Å²) < 4.78 is 0. The van der Waals surface area contributed by atoms with Gasteiger partial charge >= 0.3 is 0 Å². The van der Waals surface area contributed by atoms with Gasteiger partial charge in [-0.25, -0.2) is 0 Å². The van der Waals surface area contributed by atoms with E-state index in [0.29, 0.717) is 18.2 Å². The van der Waals surface area contributed by atoms with Crippen molar-refractivity contribution in [1.29, 1.82) is 0 Å². The second kappa shape index (κ2) is 5.41. The molecule has 0 aromatic heterocycles. The second-order valence-corrected chi connectivity index (χ2v) is 6.10. The van der Waals surface area contributed by atoms with Crippen LogP contribution in [0, 0.1) is 0 Å². The molecule has 1 aliphatic carbocycles. The minimum atomic E-state index is -1.09. The Hall–Kier alpha value is -0.220. The van der Waals surface area contributed by atoms with Gasteiger partial charge in [0.15, 0.2) is 5.60 Å². The number of carbonyl (C=O) groups is 1. The molecular weight excluding hydrogens is 222 g/mol. The zero-order chi connectivity index (χ0) is 11.4. The topological polar surface area (TPSA) is 49.3 Å². The van der Waals surface area contributed by atoms with Crippen molar-refractivity contribution >= 4 is 17.7 Å². The van der Waals surface area contributed by atoms with E-state index in [9.17, 15) is 9.90 Å². The Labute approximate surface area is 101 Å². The summed E-state index contributed by atoms with van der Waals surface area (Å²) in [5, 5.41) is 13.2. The Morgan fingerprint density at radius 3 is 2.50 bits per heavy atom. The summed E-state index contributed by atoms with van der Waals surface area (Å²) in [6.45, 7) is 0. The Morgan fingerprint density at radius 1 is 1.25 bits per heavy atom. The van der Waals surface area contributed by atoms with Crippen molar-refractivity contribution in [3.8, 4) is 0 Å². The van der Waals surface area contributed by atoms with Gasteiger partial charge in [0.05, 0.1) is 0 Å². The van der Waals surface area contributed by atoms with Crippen LogP contribution in [0.4, 0.5) is 0 Å². The van der Waals surface area contributed by atoms with Crippen LogP contribution in [0.5, 0.6) is 0 Å². The van der Waals surface area contributed by atoms with Crippen LogP contribution in [0.1, 0.15) is 44.9 Å². The lowest BCUT2D eigenvalue weighted by Crippen LogP contribution is -2.50. The maximum Gasteiger partial charge on any atom is 0.253 e. The average molecular weight is 243 g/mol. The fourth-order valence-corrected chi connectivity index (χ4v) is 3.72. The molecule has 1 atom stereocenters. The van der Waals surface area contributed by atoms with Crippen molar-refractivity contribution in [3.63, 3.8) is 0 Å². The maximum atomic E-state index is 12.0. The van der Waals surface area contributed by atoms with Gasteiger partial charge < -0.3 is 10.4 Å². The smallest absolute Gasteiger partial charge is 0.253 e. The molecule has 1 amide bonds. The standard InChI is InChI=1S/C12H21NO2S/c14-11(12(15)7-8-16-9-12)13-10-5-3-1-2-4-6-10/h10,15H,1-9H2,(H,13,14). The van der Waals surface area contributed by atoms with Crippen LogP contribution in [0.15, 0.2) is 0 Å². The van der Waals surface area contributed by atoms with E-state index in [0.717, 1.165) is 18.6 Å². The molecule has 16 heavy (non-hydrogen) atoms. The summed E-state index contributed by atoms with van der Waals surface area (Å²) in [5.74, 6) is 1.32. The number of hydrogen-bond donors (Lipinski definition) is 2. The fourth-order valence-electron chi connectivity index (χ4n) is 2.48. The predicted molar refractivity (Wildman–Crippen MR) is 66.5 cm³/mol. The SMILES string of the molecule is O=C(NC1CCCCCC1)C1(O)CCSC1. The first-order valence-electron chi connectivity index (χ1n) is 6.32. The molecule has 1 unspecified atom stereocenters. The Balaban J connectivity index is 1.85. The molecule has 1 heterocycles.